The third-order valence-corrected chi connectivity index (χ3v) is 1.85. The lowest BCUT2D eigenvalue weighted by atomic mass is 10.1. The molecule has 0 heterocycles. The summed E-state index contributed by atoms with van der Waals surface area (Å²) in [6, 6.07) is 9.73. The Balaban J connectivity index is 0.00000144. The molecular weight excluding hydrogens is 186 g/mol. The summed E-state index contributed by atoms with van der Waals surface area (Å²) in [6.45, 7) is 0.843. The molecule has 1 rings (SSSR count). The van der Waals surface area contributed by atoms with E-state index in [2.05, 4.69) is 5.32 Å². The third kappa shape index (κ3) is 4.27. The number of hydrogen-bond acceptors (Lipinski definition) is 2. The zero-order valence-electron chi connectivity index (χ0n) is 7.73. The largest absolute Gasteiger partial charge is 0.388 e. The molecule has 0 radical (unpaired) electrons. The molecule has 0 aromatic heterocycles. The summed E-state index contributed by atoms with van der Waals surface area (Å²) in [7, 11) is 1.89. The van der Waals surface area contributed by atoms with Gasteiger partial charge in [-0.05, 0) is 25.6 Å². The molecule has 3 heteroatoms. The lowest BCUT2D eigenvalue weighted by Crippen LogP contribution is -2.11. The second kappa shape index (κ2) is 6.89. The highest BCUT2D eigenvalue weighted by molar-refractivity contribution is 5.85. The predicted molar refractivity (Wildman–Crippen MR) is 57.2 cm³/mol. The van der Waals surface area contributed by atoms with Gasteiger partial charge in [0.2, 0.25) is 0 Å². The van der Waals surface area contributed by atoms with Crippen molar-refractivity contribution in [1.29, 1.82) is 0 Å². The highest BCUT2D eigenvalue weighted by Gasteiger charge is 2.04. The van der Waals surface area contributed by atoms with E-state index >= 15 is 0 Å². The first-order valence-electron chi connectivity index (χ1n) is 4.22. The smallest absolute Gasteiger partial charge is 0.0802 e. The molecule has 0 saturated carbocycles. The summed E-state index contributed by atoms with van der Waals surface area (Å²) < 4.78 is 0. The van der Waals surface area contributed by atoms with Crippen molar-refractivity contribution in [1.82, 2.24) is 5.32 Å². The van der Waals surface area contributed by atoms with Crippen LogP contribution in [0.3, 0.4) is 0 Å². The fraction of sp³-hybridized carbons (Fsp3) is 0.400. The Bertz CT molecular complexity index is 215. The molecule has 0 aliphatic heterocycles. The van der Waals surface area contributed by atoms with Crippen LogP contribution in [0, 0.1) is 0 Å². The van der Waals surface area contributed by atoms with Crippen LogP contribution in [-0.4, -0.2) is 18.7 Å². The second-order valence-corrected chi connectivity index (χ2v) is 2.82. The number of benzene rings is 1. The summed E-state index contributed by atoms with van der Waals surface area (Å²) in [6.07, 6.45) is 0.430. The summed E-state index contributed by atoms with van der Waals surface area (Å²) in [4.78, 5) is 0. The minimum Gasteiger partial charge on any atom is -0.388 e. The van der Waals surface area contributed by atoms with Crippen molar-refractivity contribution in [3.05, 3.63) is 35.9 Å². The maximum atomic E-state index is 9.61. The molecule has 0 saturated heterocycles. The van der Waals surface area contributed by atoms with Crippen LogP contribution in [0.25, 0.3) is 0 Å². The van der Waals surface area contributed by atoms with Crippen LogP contribution >= 0.6 is 12.4 Å². The van der Waals surface area contributed by atoms with E-state index in [1.165, 1.54) is 0 Å². The second-order valence-electron chi connectivity index (χ2n) is 2.82. The molecule has 1 unspecified atom stereocenters. The highest BCUT2D eigenvalue weighted by atomic mass is 35.5. The number of rotatable bonds is 4. The highest BCUT2D eigenvalue weighted by Crippen LogP contribution is 2.14. The van der Waals surface area contributed by atoms with E-state index in [0.717, 1.165) is 18.5 Å². The fourth-order valence-electron chi connectivity index (χ4n) is 1.12. The molecule has 1 aromatic carbocycles. The molecule has 0 amide bonds. The molecule has 0 aliphatic rings. The van der Waals surface area contributed by atoms with Gasteiger partial charge in [0.25, 0.3) is 0 Å². The van der Waals surface area contributed by atoms with Crippen molar-refractivity contribution in [2.45, 2.75) is 12.5 Å². The number of hydrogen-bond donors (Lipinski definition) is 2. The van der Waals surface area contributed by atoms with Gasteiger partial charge in [-0.15, -0.1) is 12.4 Å². The Morgan fingerprint density at radius 1 is 1.31 bits per heavy atom. The topological polar surface area (TPSA) is 32.3 Å². The van der Waals surface area contributed by atoms with Crippen LogP contribution in [0.4, 0.5) is 0 Å². The summed E-state index contributed by atoms with van der Waals surface area (Å²) in [5.74, 6) is 0. The van der Waals surface area contributed by atoms with Gasteiger partial charge in [-0.25, -0.2) is 0 Å². The minimum absolute atomic E-state index is 0. The number of aliphatic hydroxyl groups is 1. The van der Waals surface area contributed by atoms with Gasteiger partial charge in [0.1, 0.15) is 0 Å². The zero-order valence-corrected chi connectivity index (χ0v) is 8.55. The van der Waals surface area contributed by atoms with Crippen molar-refractivity contribution < 1.29 is 5.11 Å². The van der Waals surface area contributed by atoms with E-state index in [4.69, 9.17) is 0 Å². The van der Waals surface area contributed by atoms with E-state index in [0.29, 0.717) is 0 Å². The molecule has 0 spiro atoms. The standard InChI is InChI=1S/C10H15NO.ClH/c1-11-8-7-10(12)9-5-3-2-4-6-9;/h2-6,10-12H,7-8H2,1H3;1H. The number of halogens is 1. The van der Waals surface area contributed by atoms with Gasteiger partial charge in [0.15, 0.2) is 0 Å². The summed E-state index contributed by atoms with van der Waals surface area (Å²) in [5, 5.41) is 12.6. The van der Waals surface area contributed by atoms with E-state index in [-0.39, 0.29) is 18.5 Å². The van der Waals surface area contributed by atoms with Crippen LogP contribution in [0.1, 0.15) is 18.1 Å². The molecule has 2 N–H and O–H groups in total. The van der Waals surface area contributed by atoms with E-state index in [1.54, 1.807) is 0 Å². The van der Waals surface area contributed by atoms with Crippen molar-refractivity contribution in [2.24, 2.45) is 0 Å². The lowest BCUT2D eigenvalue weighted by Gasteiger charge is -2.09. The quantitative estimate of drug-likeness (QED) is 0.778. The first-order chi connectivity index (χ1) is 5.84. The van der Waals surface area contributed by atoms with Gasteiger partial charge in [-0.1, -0.05) is 30.3 Å². The zero-order chi connectivity index (χ0) is 8.81. The van der Waals surface area contributed by atoms with Crippen molar-refractivity contribution >= 4 is 12.4 Å². The molecule has 1 atom stereocenters. The normalized spacial score (nSPS) is 11.8. The van der Waals surface area contributed by atoms with Crippen molar-refractivity contribution in [3.63, 3.8) is 0 Å². The molecule has 2 nitrogen and oxygen atoms in total. The fourth-order valence-corrected chi connectivity index (χ4v) is 1.12. The Kier molecular flexibility index (Phi) is 6.59. The Labute approximate surface area is 85.4 Å². The van der Waals surface area contributed by atoms with Crippen LogP contribution in [0.15, 0.2) is 30.3 Å². The molecule has 13 heavy (non-hydrogen) atoms. The average Bonchev–Trinajstić information content (AvgIpc) is 2.15. The molecule has 1 aromatic rings. The van der Waals surface area contributed by atoms with Gasteiger partial charge >= 0.3 is 0 Å². The maximum Gasteiger partial charge on any atom is 0.0802 e. The molecule has 0 bridgehead atoms. The maximum absolute atomic E-state index is 9.61. The van der Waals surface area contributed by atoms with Crippen LogP contribution in [-0.2, 0) is 0 Å². The summed E-state index contributed by atoms with van der Waals surface area (Å²) >= 11 is 0. The number of nitrogens with one attached hydrogen (secondary N) is 1. The van der Waals surface area contributed by atoms with Gasteiger partial charge in [0, 0.05) is 0 Å². The van der Waals surface area contributed by atoms with Gasteiger partial charge < -0.3 is 10.4 Å². The molecule has 0 fully saturated rings. The summed E-state index contributed by atoms with van der Waals surface area (Å²) in [5.41, 5.74) is 0.993. The van der Waals surface area contributed by atoms with Gasteiger partial charge in [0.05, 0.1) is 6.10 Å². The van der Waals surface area contributed by atoms with Gasteiger partial charge in [-0.3, -0.25) is 0 Å². The SMILES string of the molecule is CNCCC(O)c1ccccc1.Cl. The van der Waals surface area contributed by atoms with Crippen molar-refractivity contribution in [3.8, 4) is 0 Å². The monoisotopic (exact) mass is 201 g/mol. The average molecular weight is 202 g/mol. The minimum atomic E-state index is -0.335. The van der Waals surface area contributed by atoms with E-state index < -0.39 is 0 Å². The molecule has 74 valence electrons. The lowest BCUT2D eigenvalue weighted by molar-refractivity contribution is 0.168. The van der Waals surface area contributed by atoms with Crippen LogP contribution in [0.2, 0.25) is 0 Å². The first kappa shape index (κ1) is 12.4. The van der Waals surface area contributed by atoms with Crippen LogP contribution < -0.4 is 5.32 Å². The van der Waals surface area contributed by atoms with Gasteiger partial charge in [-0.2, -0.15) is 0 Å². The third-order valence-electron chi connectivity index (χ3n) is 1.85. The Morgan fingerprint density at radius 3 is 2.46 bits per heavy atom. The van der Waals surface area contributed by atoms with Crippen LogP contribution in [0.5, 0.6) is 0 Å². The van der Waals surface area contributed by atoms with E-state index in [9.17, 15) is 5.11 Å². The predicted octanol–water partition coefficient (Wildman–Crippen LogP) is 1.75. The van der Waals surface area contributed by atoms with E-state index in [1.807, 2.05) is 37.4 Å². The van der Waals surface area contributed by atoms with Crippen molar-refractivity contribution in [2.75, 3.05) is 13.6 Å². The Morgan fingerprint density at radius 2 is 1.92 bits per heavy atom. The Hall–Kier alpha value is -0.570. The first-order valence-corrected chi connectivity index (χ1v) is 4.22. The number of aliphatic hydroxyl groups excluding tert-OH is 1. The molecular formula is C10H16ClNO. The molecule has 0 aliphatic carbocycles.